The zero-order valence-corrected chi connectivity index (χ0v) is 13.3. The maximum absolute atomic E-state index is 13.4. The van der Waals surface area contributed by atoms with Crippen LogP contribution in [0, 0.1) is 5.82 Å². The topological polar surface area (TPSA) is 49.6 Å². The van der Waals surface area contributed by atoms with Gasteiger partial charge in [-0.3, -0.25) is 4.79 Å². The Kier molecular flexibility index (Phi) is 4.65. The van der Waals surface area contributed by atoms with Crippen LogP contribution < -0.4 is 5.73 Å². The number of nitrogens with zero attached hydrogens (tertiary/aromatic N) is 2. The normalized spacial score (nSPS) is 20.8. The number of carbonyl (C=O) groups is 1. The molecule has 0 bridgehead atoms. The second-order valence-electron chi connectivity index (χ2n) is 5.32. The largest absolute Gasteiger partial charge is 0.396 e. The number of hydrogen-bond donors (Lipinski definition) is 1. The van der Waals surface area contributed by atoms with Gasteiger partial charge >= 0.3 is 0 Å². The third-order valence-electron chi connectivity index (χ3n) is 3.62. The van der Waals surface area contributed by atoms with Crippen LogP contribution in [0.25, 0.3) is 0 Å². The van der Waals surface area contributed by atoms with E-state index >= 15 is 0 Å². The lowest BCUT2D eigenvalue weighted by Crippen LogP contribution is -2.42. The Balaban J connectivity index is 2.28. The van der Waals surface area contributed by atoms with Gasteiger partial charge in [-0.2, -0.15) is 0 Å². The predicted molar refractivity (Wildman–Crippen MR) is 81.1 cm³/mol. The number of nitrogens with two attached hydrogens (primary N) is 1. The van der Waals surface area contributed by atoms with E-state index in [0.29, 0.717) is 16.6 Å². The highest BCUT2D eigenvalue weighted by molar-refractivity contribution is 9.10. The number of anilines is 1. The second kappa shape index (κ2) is 6.10. The van der Waals surface area contributed by atoms with Crippen LogP contribution in [0.2, 0.25) is 0 Å². The summed E-state index contributed by atoms with van der Waals surface area (Å²) in [6, 6.07) is 2.77. The number of hydrogen-bond acceptors (Lipinski definition) is 3. The molecule has 0 aromatic heterocycles. The van der Waals surface area contributed by atoms with Crippen molar-refractivity contribution in [2.45, 2.75) is 19.4 Å². The van der Waals surface area contributed by atoms with Gasteiger partial charge in [-0.1, -0.05) is 0 Å². The molecule has 1 unspecified atom stereocenters. The van der Waals surface area contributed by atoms with E-state index in [9.17, 15) is 9.18 Å². The number of benzene rings is 1. The van der Waals surface area contributed by atoms with E-state index < -0.39 is 5.82 Å². The van der Waals surface area contributed by atoms with E-state index in [4.69, 9.17) is 5.73 Å². The molecule has 1 aliphatic rings. The lowest BCUT2D eigenvalue weighted by Gasteiger charge is -2.28. The average molecular weight is 344 g/mol. The number of nitrogen functional groups attached to an aromatic ring is 1. The van der Waals surface area contributed by atoms with Crippen LogP contribution in [0.1, 0.15) is 23.7 Å². The highest BCUT2D eigenvalue weighted by Gasteiger charge is 2.26. The smallest absolute Gasteiger partial charge is 0.255 e. The zero-order valence-electron chi connectivity index (χ0n) is 11.7. The van der Waals surface area contributed by atoms with Crippen molar-refractivity contribution in [3.05, 3.63) is 28.0 Å². The van der Waals surface area contributed by atoms with Crippen LogP contribution in [0.5, 0.6) is 0 Å². The van der Waals surface area contributed by atoms with Gasteiger partial charge in [0.25, 0.3) is 5.91 Å². The van der Waals surface area contributed by atoms with Crippen molar-refractivity contribution in [1.29, 1.82) is 0 Å². The number of amides is 1. The molecule has 2 N–H and O–H groups in total. The predicted octanol–water partition coefficient (Wildman–Crippen LogP) is 2.34. The molecule has 20 heavy (non-hydrogen) atoms. The van der Waals surface area contributed by atoms with Crippen LogP contribution in [-0.2, 0) is 0 Å². The summed E-state index contributed by atoms with van der Waals surface area (Å²) in [5.41, 5.74) is 5.98. The van der Waals surface area contributed by atoms with Crippen molar-refractivity contribution in [3.8, 4) is 0 Å². The lowest BCUT2D eigenvalue weighted by atomic mass is 10.1. The fourth-order valence-corrected chi connectivity index (χ4v) is 3.04. The summed E-state index contributed by atoms with van der Waals surface area (Å²) in [4.78, 5) is 16.7. The van der Waals surface area contributed by atoms with E-state index in [1.165, 1.54) is 12.1 Å². The summed E-state index contributed by atoms with van der Waals surface area (Å²) in [5.74, 6) is -0.622. The van der Waals surface area contributed by atoms with Gasteiger partial charge in [-0.05, 0) is 55.0 Å². The Morgan fingerprint density at radius 1 is 1.45 bits per heavy atom. The number of rotatable bonds is 1. The van der Waals surface area contributed by atoms with Gasteiger partial charge in [-0.25, -0.2) is 4.39 Å². The molecule has 1 aromatic carbocycles. The molecule has 1 heterocycles. The molecule has 1 atom stereocenters. The Labute approximate surface area is 126 Å². The molecule has 4 nitrogen and oxygen atoms in total. The monoisotopic (exact) mass is 343 g/mol. The highest BCUT2D eigenvalue weighted by Crippen LogP contribution is 2.25. The fraction of sp³-hybridized carbons (Fsp3) is 0.500. The minimum Gasteiger partial charge on any atom is -0.396 e. The third kappa shape index (κ3) is 3.12. The molecule has 1 amide bonds. The summed E-state index contributed by atoms with van der Waals surface area (Å²) in [6.07, 6.45) is 0.931. The van der Waals surface area contributed by atoms with Gasteiger partial charge in [0.15, 0.2) is 0 Å². The van der Waals surface area contributed by atoms with Crippen LogP contribution in [0.4, 0.5) is 10.1 Å². The maximum atomic E-state index is 13.4. The van der Waals surface area contributed by atoms with Crippen molar-refractivity contribution in [2.75, 3.05) is 32.4 Å². The van der Waals surface area contributed by atoms with Gasteiger partial charge < -0.3 is 15.5 Å². The molecule has 0 radical (unpaired) electrons. The van der Waals surface area contributed by atoms with E-state index in [-0.39, 0.29) is 17.6 Å². The Hall–Kier alpha value is -1.14. The van der Waals surface area contributed by atoms with E-state index in [2.05, 4.69) is 27.9 Å². The second-order valence-corrected chi connectivity index (χ2v) is 6.17. The summed E-state index contributed by atoms with van der Waals surface area (Å²) in [7, 11) is 2.05. The number of likely N-dealkylation sites (N-methyl/N-ethyl adjacent to an activating group) is 1. The third-order valence-corrected chi connectivity index (χ3v) is 4.28. The quantitative estimate of drug-likeness (QED) is 0.796. The molecule has 110 valence electrons. The molecule has 0 saturated carbocycles. The molecule has 6 heteroatoms. The first-order valence-electron chi connectivity index (χ1n) is 6.64. The average Bonchev–Trinajstić information content (AvgIpc) is 2.54. The first-order valence-corrected chi connectivity index (χ1v) is 7.43. The zero-order chi connectivity index (χ0) is 14.9. The van der Waals surface area contributed by atoms with E-state index in [0.717, 1.165) is 19.5 Å². The highest BCUT2D eigenvalue weighted by atomic mass is 79.9. The lowest BCUT2D eigenvalue weighted by molar-refractivity contribution is 0.0695. The Morgan fingerprint density at radius 3 is 2.85 bits per heavy atom. The molecule has 1 fully saturated rings. The molecular weight excluding hydrogens is 325 g/mol. The van der Waals surface area contributed by atoms with Crippen molar-refractivity contribution in [3.63, 3.8) is 0 Å². The summed E-state index contributed by atoms with van der Waals surface area (Å²) >= 11 is 3.25. The van der Waals surface area contributed by atoms with Crippen molar-refractivity contribution in [2.24, 2.45) is 0 Å². The first kappa shape index (κ1) is 15.3. The van der Waals surface area contributed by atoms with Gasteiger partial charge in [-0.15, -0.1) is 0 Å². The summed E-state index contributed by atoms with van der Waals surface area (Å²) < 4.78 is 13.8. The number of carbonyl (C=O) groups excluding carboxylic acids is 1. The van der Waals surface area contributed by atoms with Crippen LogP contribution in [0.15, 0.2) is 16.6 Å². The summed E-state index contributed by atoms with van der Waals surface area (Å²) in [5, 5.41) is 0. The molecular formula is C14H19BrFN3O. The molecule has 0 aliphatic carbocycles. The van der Waals surface area contributed by atoms with E-state index in [1.54, 1.807) is 0 Å². The fourth-order valence-electron chi connectivity index (χ4n) is 2.56. The minimum absolute atomic E-state index is 0.00357. The molecule has 1 aliphatic heterocycles. The maximum Gasteiger partial charge on any atom is 0.255 e. The minimum atomic E-state index is -0.517. The van der Waals surface area contributed by atoms with Gasteiger partial charge in [0.05, 0.1) is 11.3 Å². The summed E-state index contributed by atoms with van der Waals surface area (Å²) in [6.45, 7) is 4.54. The van der Waals surface area contributed by atoms with Crippen LogP contribution in [-0.4, -0.2) is 48.4 Å². The van der Waals surface area contributed by atoms with Crippen molar-refractivity contribution in [1.82, 2.24) is 9.80 Å². The van der Waals surface area contributed by atoms with Gasteiger partial charge in [0.1, 0.15) is 5.82 Å². The van der Waals surface area contributed by atoms with Crippen LogP contribution >= 0.6 is 15.9 Å². The van der Waals surface area contributed by atoms with Crippen molar-refractivity contribution >= 4 is 27.5 Å². The Bertz CT molecular complexity index is 523. The molecule has 2 rings (SSSR count). The molecule has 1 saturated heterocycles. The van der Waals surface area contributed by atoms with Gasteiger partial charge in [0, 0.05) is 23.6 Å². The van der Waals surface area contributed by atoms with Gasteiger partial charge in [0.2, 0.25) is 0 Å². The molecule has 0 spiro atoms. The van der Waals surface area contributed by atoms with E-state index in [1.807, 2.05) is 11.8 Å². The standard InChI is InChI=1S/C14H19BrFN3O/c1-9-8-18(2)4-3-5-19(9)14(20)10-6-13(17)12(16)7-11(10)15/h6-7,9H,3-5,8,17H2,1-2H3. The van der Waals surface area contributed by atoms with Crippen LogP contribution in [0.3, 0.4) is 0 Å². The van der Waals surface area contributed by atoms with Crippen molar-refractivity contribution < 1.29 is 9.18 Å². The Morgan fingerprint density at radius 2 is 2.15 bits per heavy atom. The molecule has 1 aromatic rings. The number of halogens is 2. The first-order chi connectivity index (χ1) is 9.40. The SMILES string of the molecule is CC1CN(C)CCCN1C(=O)c1cc(N)c(F)cc1Br.